The van der Waals surface area contributed by atoms with Gasteiger partial charge in [0, 0.05) is 13.0 Å². The van der Waals surface area contributed by atoms with Crippen LogP contribution in [0.2, 0.25) is 0 Å². The first kappa shape index (κ1) is 28.2. The maximum absolute atomic E-state index is 13.2. The highest BCUT2D eigenvalue weighted by molar-refractivity contribution is 5.78. The molecule has 1 amide bonds. The van der Waals surface area contributed by atoms with Crippen LogP contribution in [0.3, 0.4) is 0 Å². The van der Waals surface area contributed by atoms with Crippen molar-refractivity contribution in [3.8, 4) is 23.0 Å². The predicted octanol–water partition coefficient (Wildman–Crippen LogP) is 5.82. The summed E-state index contributed by atoms with van der Waals surface area (Å²) in [5.74, 6) is 0.409. The molecule has 0 heterocycles. The van der Waals surface area contributed by atoms with Crippen molar-refractivity contribution >= 4 is 11.9 Å². The average molecular weight is 544 g/mol. The molecule has 0 aromatic heterocycles. The molecule has 40 heavy (non-hydrogen) atoms. The number of carbonyl (C=O) groups excluding carboxylic acids is 1. The number of rotatable bonds is 13. The number of carbonyl (C=O) groups is 2. The molecule has 1 atom stereocenters. The van der Waals surface area contributed by atoms with E-state index >= 15 is 0 Å². The van der Waals surface area contributed by atoms with E-state index in [-0.39, 0.29) is 24.7 Å². The third-order valence-electron chi connectivity index (χ3n) is 6.08. The van der Waals surface area contributed by atoms with Gasteiger partial charge in [-0.25, -0.2) is 9.18 Å². The van der Waals surface area contributed by atoms with Crippen molar-refractivity contribution in [2.75, 3.05) is 13.2 Å². The fourth-order valence-corrected chi connectivity index (χ4v) is 3.91. The van der Waals surface area contributed by atoms with Crippen molar-refractivity contribution in [1.82, 2.24) is 5.32 Å². The Kier molecular flexibility index (Phi) is 9.35. The van der Waals surface area contributed by atoms with Gasteiger partial charge in [-0.3, -0.25) is 4.79 Å². The van der Waals surface area contributed by atoms with E-state index in [1.54, 1.807) is 24.3 Å². The molecule has 0 saturated heterocycles. The number of amides is 1. The Hall–Kier alpha value is -4.85. The second kappa shape index (κ2) is 13.3. The van der Waals surface area contributed by atoms with Crippen LogP contribution in [0.15, 0.2) is 103 Å². The van der Waals surface area contributed by atoms with Gasteiger partial charge in [0.15, 0.2) is 6.61 Å². The number of benzene rings is 4. The summed E-state index contributed by atoms with van der Waals surface area (Å²) in [6.45, 7) is 1.77. The van der Waals surface area contributed by atoms with E-state index in [9.17, 15) is 19.1 Å². The molecule has 0 saturated carbocycles. The SMILES string of the molecule is C[C@@](Cc1ccc(OCC(=O)NCCc2ccc(Oc3ccccc3)cc2)cc1)(Oc1ccc(F)cc1)C(=O)O. The third kappa shape index (κ3) is 8.33. The molecule has 4 aromatic carbocycles. The standard InChI is InChI=1S/C32H30FNO6/c1-32(31(36)37,40-29-17-11-25(33)12-18-29)21-24-9-13-26(14-10-24)38-22-30(35)34-20-19-23-7-15-28(16-8-23)39-27-5-3-2-4-6-27/h2-18H,19-22H2,1H3,(H,34,35)(H,36,37)/t32-/m0/s1. The molecule has 0 unspecified atom stereocenters. The van der Waals surface area contributed by atoms with Crippen molar-refractivity contribution in [3.63, 3.8) is 0 Å². The predicted molar refractivity (Wildman–Crippen MR) is 148 cm³/mol. The van der Waals surface area contributed by atoms with Crippen LogP contribution in [0, 0.1) is 5.82 Å². The number of hydrogen-bond acceptors (Lipinski definition) is 5. The van der Waals surface area contributed by atoms with Crippen LogP contribution in [-0.2, 0) is 22.4 Å². The van der Waals surface area contributed by atoms with E-state index in [0.29, 0.717) is 24.3 Å². The van der Waals surface area contributed by atoms with E-state index in [2.05, 4.69) is 5.32 Å². The number of hydrogen-bond donors (Lipinski definition) is 2. The molecule has 0 aliphatic carbocycles. The average Bonchev–Trinajstić information content (AvgIpc) is 2.95. The lowest BCUT2D eigenvalue weighted by atomic mass is 9.96. The first-order valence-corrected chi connectivity index (χ1v) is 12.8. The highest BCUT2D eigenvalue weighted by Crippen LogP contribution is 2.25. The Morgan fingerprint density at radius 3 is 2.00 bits per heavy atom. The van der Waals surface area contributed by atoms with E-state index < -0.39 is 17.4 Å². The van der Waals surface area contributed by atoms with Gasteiger partial charge in [0.1, 0.15) is 28.8 Å². The monoisotopic (exact) mass is 543 g/mol. The minimum Gasteiger partial charge on any atom is -0.484 e. The maximum Gasteiger partial charge on any atom is 0.348 e. The minimum atomic E-state index is -1.56. The number of carboxylic acid groups (broad SMARTS) is 1. The first-order chi connectivity index (χ1) is 19.3. The van der Waals surface area contributed by atoms with Crippen molar-refractivity contribution in [1.29, 1.82) is 0 Å². The Morgan fingerprint density at radius 1 is 0.775 bits per heavy atom. The van der Waals surface area contributed by atoms with E-state index in [4.69, 9.17) is 14.2 Å². The van der Waals surface area contributed by atoms with Crippen LogP contribution in [0.5, 0.6) is 23.0 Å². The van der Waals surface area contributed by atoms with Crippen LogP contribution in [0.1, 0.15) is 18.1 Å². The summed E-state index contributed by atoms with van der Waals surface area (Å²) in [4.78, 5) is 24.2. The molecule has 206 valence electrons. The Bertz CT molecular complexity index is 1390. The molecule has 0 spiro atoms. The van der Waals surface area contributed by atoms with Gasteiger partial charge in [0.2, 0.25) is 5.60 Å². The number of ether oxygens (including phenoxy) is 3. The Balaban J connectivity index is 1.20. The Morgan fingerprint density at radius 2 is 1.35 bits per heavy atom. The molecule has 0 fully saturated rings. The van der Waals surface area contributed by atoms with Crippen LogP contribution in [-0.4, -0.2) is 35.7 Å². The van der Waals surface area contributed by atoms with Gasteiger partial charge in [0.25, 0.3) is 5.91 Å². The minimum absolute atomic E-state index is 0.0693. The number of halogens is 1. The van der Waals surface area contributed by atoms with Gasteiger partial charge in [0.05, 0.1) is 0 Å². The molecule has 4 aromatic rings. The van der Waals surface area contributed by atoms with Crippen LogP contribution in [0.4, 0.5) is 4.39 Å². The van der Waals surface area contributed by atoms with Gasteiger partial charge in [-0.1, -0.05) is 42.5 Å². The highest BCUT2D eigenvalue weighted by atomic mass is 19.1. The van der Waals surface area contributed by atoms with Crippen molar-refractivity contribution < 1.29 is 33.3 Å². The van der Waals surface area contributed by atoms with Crippen LogP contribution < -0.4 is 19.5 Å². The van der Waals surface area contributed by atoms with Gasteiger partial charge < -0.3 is 24.6 Å². The van der Waals surface area contributed by atoms with Crippen LogP contribution in [0.25, 0.3) is 0 Å². The number of para-hydroxylation sites is 1. The summed E-state index contributed by atoms with van der Waals surface area (Å²) in [7, 11) is 0. The Labute approximate surface area is 232 Å². The normalized spacial score (nSPS) is 12.2. The summed E-state index contributed by atoms with van der Waals surface area (Å²) in [6.07, 6.45) is 0.730. The molecule has 8 heteroatoms. The molecular weight excluding hydrogens is 513 g/mol. The molecule has 0 aliphatic heterocycles. The zero-order valence-electron chi connectivity index (χ0n) is 22.0. The molecule has 0 radical (unpaired) electrons. The smallest absolute Gasteiger partial charge is 0.348 e. The molecule has 2 N–H and O–H groups in total. The fraction of sp³-hybridized carbons (Fsp3) is 0.188. The third-order valence-corrected chi connectivity index (χ3v) is 6.08. The van der Waals surface area contributed by atoms with E-state index in [1.807, 2.05) is 54.6 Å². The first-order valence-electron chi connectivity index (χ1n) is 12.8. The van der Waals surface area contributed by atoms with Gasteiger partial charge in [-0.15, -0.1) is 0 Å². The zero-order valence-corrected chi connectivity index (χ0v) is 22.0. The fourth-order valence-electron chi connectivity index (χ4n) is 3.91. The van der Waals surface area contributed by atoms with Crippen LogP contribution >= 0.6 is 0 Å². The number of carboxylic acids is 1. The molecule has 0 bridgehead atoms. The second-order valence-electron chi connectivity index (χ2n) is 9.36. The van der Waals surface area contributed by atoms with Gasteiger partial charge in [-0.05, 0) is 85.1 Å². The summed E-state index contributed by atoms with van der Waals surface area (Å²) in [6, 6.07) is 29.2. The molecular formula is C32H30FNO6. The lowest BCUT2D eigenvalue weighted by Crippen LogP contribution is -2.43. The van der Waals surface area contributed by atoms with Gasteiger partial charge >= 0.3 is 5.97 Å². The number of aliphatic carboxylic acids is 1. The summed E-state index contributed by atoms with van der Waals surface area (Å²) in [5, 5.41) is 12.6. The van der Waals surface area contributed by atoms with Crippen molar-refractivity contribution in [2.45, 2.75) is 25.4 Å². The summed E-state index contributed by atoms with van der Waals surface area (Å²) in [5.41, 5.74) is 0.202. The lowest BCUT2D eigenvalue weighted by molar-refractivity contribution is -0.153. The van der Waals surface area contributed by atoms with Gasteiger partial charge in [-0.2, -0.15) is 0 Å². The largest absolute Gasteiger partial charge is 0.484 e. The molecule has 0 aliphatic rings. The number of nitrogens with one attached hydrogen (secondary N) is 1. The molecule has 7 nitrogen and oxygen atoms in total. The van der Waals surface area contributed by atoms with E-state index in [0.717, 1.165) is 17.1 Å². The zero-order chi connectivity index (χ0) is 28.4. The van der Waals surface area contributed by atoms with Crippen molar-refractivity contribution in [2.24, 2.45) is 0 Å². The lowest BCUT2D eigenvalue weighted by Gasteiger charge is -2.26. The highest BCUT2D eigenvalue weighted by Gasteiger charge is 2.36. The van der Waals surface area contributed by atoms with Crippen molar-refractivity contribution in [3.05, 3.63) is 120 Å². The quantitative estimate of drug-likeness (QED) is 0.221. The molecule has 4 rings (SSSR count). The summed E-state index contributed by atoms with van der Waals surface area (Å²) >= 11 is 0. The van der Waals surface area contributed by atoms with E-state index in [1.165, 1.54) is 31.2 Å². The second-order valence-corrected chi connectivity index (χ2v) is 9.36. The maximum atomic E-state index is 13.2. The summed E-state index contributed by atoms with van der Waals surface area (Å²) < 4.78 is 30.2. The topological polar surface area (TPSA) is 94.1 Å².